The van der Waals surface area contributed by atoms with Crippen molar-refractivity contribution in [2.75, 3.05) is 0 Å². The van der Waals surface area contributed by atoms with E-state index in [9.17, 15) is 0 Å². The molecule has 0 aromatic heterocycles. The molecule has 6 heteroatoms. The molecule has 0 fully saturated rings. The molecule has 0 saturated heterocycles. The van der Waals surface area contributed by atoms with Gasteiger partial charge in [-0.15, -0.1) is 0 Å². The van der Waals surface area contributed by atoms with Gasteiger partial charge in [0.1, 0.15) is 0 Å². The minimum absolute atomic E-state index is 4.41. The maximum atomic E-state index is 6.54. The Kier molecular flexibility index (Phi) is 1.99. The predicted molar refractivity (Wildman–Crippen MR) is 26.1 cm³/mol. The van der Waals surface area contributed by atoms with Crippen molar-refractivity contribution >= 4 is 37.7 Å². The van der Waals surface area contributed by atoms with E-state index in [0.717, 1.165) is 0 Å². The average molecular weight is 352 g/mol. The molecule has 1 nitrogen and oxygen atoms in total. The van der Waals surface area contributed by atoms with Crippen molar-refractivity contribution in [3.05, 3.63) is 0 Å². The normalized spacial score (nSPS) is 19.0. The van der Waals surface area contributed by atoms with Gasteiger partial charge in [-0.1, -0.05) is 0 Å². The fraction of sp³-hybridized carbons (Fsp3) is 0. The van der Waals surface area contributed by atoms with Gasteiger partial charge in [0.05, 0.1) is 0 Å². The summed E-state index contributed by atoms with van der Waals surface area (Å²) >= 11 is 0. The quantitative estimate of drug-likeness (QED) is 0.693. The van der Waals surface area contributed by atoms with Crippen LogP contribution in [0.15, 0.2) is 0 Å². The summed E-state index contributed by atoms with van der Waals surface area (Å²) in [6.45, 7) is 0. The van der Waals surface area contributed by atoms with Gasteiger partial charge in [0.25, 0.3) is 0 Å². The van der Waals surface area contributed by atoms with Crippen molar-refractivity contribution in [2.45, 2.75) is 0 Å². The second-order valence-corrected chi connectivity index (χ2v) is 25.8. The van der Waals surface area contributed by atoms with Crippen molar-refractivity contribution in [3.63, 3.8) is 0 Å². The van der Waals surface area contributed by atoms with Crippen LogP contribution in [0.3, 0.4) is 0 Å². The van der Waals surface area contributed by atoms with E-state index in [1.807, 2.05) is 0 Å². The van der Waals surface area contributed by atoms with Crippen LogP contribution in [0.25, 0.3) is 0 Å². The van der Waals surface area contributed by atoms with E-state index >= 15 is 0 Å². The van der Waals surface area contributed by atoms with Crippen LogP contribution in [0.1, 0.15) is 0 Å². The van der Waals surface area contributed by atoms with E-state index in [4.69, 9.17) is 41.6 Å². The summed E-state index contributed by atoms with van der Waals surface area (Å²) in [4.78, 5) is 0. The molecule has 0 spiro atoms. The van der Waals surface area contributed by atoms with Gasteiger partial charge in [-0.25, -0.2) is 0 Å². The number of hydrogen-bond donors (Lipinski definition) is 1. The third kappa shape index (κ3) is 44.9. The molecule has 0 unspecified atom stereocenters. The molecule has 0 aromatic rings. The molecule has 0 amide bonds. The molecule has 0 aliphatic rings. The van der Waals surface area contributed by atoms with Gasteiger partial charge in [0.15, 0.2) is 0 Å². The summed E-state index contributed by atoms with van der Waals surface area (Å²) in [5.74, 6) is 0. The Bertz CT molecular complexity index is 85.2. The summed E-state index contributed by atoms with van der Waals surface area (Å²) in [5, 5.41) is 0. The summed E-state index contributed by atoms with van der Waals surface area (Å²) in [7, 11) is 15.3. The van der Waals surface area contributed by atoms with E-state index in [2.05, 4.69) is 0 Å². The molecule has 0 saturated carbocycles. The monoisotopic (exact) mass is 350 g/mol. The first-order chi connectivity index (χ1) is 2.24. The number of halogens is 4. The third-order valence-electron chi connectivity index (χ3n) is 0. The SMILES string of the molecule is [NH]=[Pt]([Cl])([Cl])([Cl])[Cl]. The third-order valence-corrected chi connectivity index (χ3v) is 0. The molecule has 0 atom stereocenters. The maximum absolute atomic E-state index is 6.54. The number of hydrogen-bond acceptors (Lipinski definition) is 1. The molecule has 0 radical (unpaired) electrons. The van der Waals surface area contributed by atoms with Gasteiger partial charge in [0, 0.05) is 0 Å². The van der Waals surface area contributed by atoms with Crippen molar-refractivity contribution < 1.29 is 10.5 Å². The van der Waals surface area contributed by atoms with Crippen LogP contribution in [0, 0.1) is 3.91 Å². The molecule has 0 rings (SSSR count). The van der Waals surface area contributed by atoms with Crippen LogP contribution in [-0.2, 0) is 10.5 Å². The van der Waals surface area contributed by atoms with Crippen LogP contribution < -0.4 is 0 Å². The Morgan fingerprint density at radius 3 is 1.00 bits per heavy atom. The number of nitrogens with one attached hydrogen (secondary N) is 1. The molecular formula is HCl4NPt. The van der Waals surface area contributed by atoms with Crippen molar-refractivity contribution in [1.29, 1.82) is 3.91 Å². The zero-order valence-corrected chi connectivity index (χ0v) is 7.62. The molecule has 0 aliphatic carbocycles. The van der Waals surface area contributed by atoms with Gasteiger partial charge in [0.2, 0.25) is 0 Å². The van der Waals surface area contributed by atoms with E-state index < -0.39 is 10.5 Å². The van der Waals surface area contributed by atoms with Crippen LogP contribution in [-0.4, -0.2) is 0 Å². The Balaban J connectivity index is 4.16. The molecule has 1 N–H and O–H groups in total. The molecule has 0 aliphatic heterocycles. The second-order valence-electron chi connectivity index (χ2n) is 0.510. The molecule has 6 heavy (non-hydrogen) atoms. The molecule has 0 heterocycles. The standard InChI is InChI=1S/4ClH.HN.Pt/h5*1H;/q;;;;;+4/p-4. The number of rotatable bonds is 0. The Labute approximate surface area is 51.7 Å². The Hall–Kier alpha value is 1.65. The zero-order valence-electron chi connectivity index (χ0n) is 2.33. The summed E-state index contributed by atoms with van der Waals surface area (Å²) in [6.07, 6.45) is 0. The van der Waals surface area contributed by atoms with Crippen LogP contribution in [0.5, 0.6) is 0 Å². The van der Waals surface area contributed by atoms with Gasteiger partial charge < -0.3 is 0 Å². The van der Waals surface area contributed by atoms with E-state index in [1.165, 1.54) is 0 Å². The summed E-state index contributed by atoms with van der Waals surface area (Å²) < 4.78 is 6.54. The summed E-state index contributed by atoms with van der Waals surface area (Å²) in [5.41, 5.74) is 0. The Morgan fingerprint density at radius 1 is 1.00 bits per heavy atom. The van der Waals surface area contributed by atoms with E-state index in [0.29, 0.717) is 0 Å². The Morgan fingerprint density at radius 2 is 1.00 bits per heavy atom. The average Bonchev–Trinajstić information content (AvgIpc) is 0.650. The topological polar surface area (TPSA) is 23.9 Å². The van der Waals surface area contributed by atoms with Crippen molar-refractivity contribution in [1.82, 2.24) is 0 Å². The fourth-order valence-electron chi connectivity index (χ4n) is 0. The van der Waals surface area contributed by atoms with E-state index in [-0.39, 0.29) is 0 Å². The summed E-state index contributed by atoms with van der Waals surface area (Å²) in [6, 6.07) is 0. The van der Waals surface area contributed by atoms with Gasteiger partial charge >= 0.3 is 52.0 Å². The predicted octanol–water partition coefficient (Wildman–Crippen LogP) is 3.05. The van der Waals surface area contributed by atoms with Crippen LogP contribution in [0.4, 0.5) is 0 Å². The van der Waals surface area contributed by atoms with Gasteiger partial charge in [-0.05, 0) is 0 Å². The van der Waals surface area contributed by atoms with Gasteiger partial charge in [-0.3, -0.25) is 0 Å². The van der Waals surface area contributed by atoms with Crippen molar-refractivity contribution in [3.8, 4) is 0 Å². The fourth-order valence-corrected chi connectivity index (χ4v) is 0. The van der Waals surface area contributed by atoms with Crippen LogP contribution in [0.2, 0.25) is 0 Å². The first kappa shape index (κ1) is 7.65. The molecular weight excluding hydrogens is 351 g/mol. The molecule has 0 aromatic carbocycles. The first-order valence-corrected chi connectivity index (χ1v) is 13.0. The van der Waals surface area contributed by atoms with E-state index in [1.54, 1.807) is 0 Å². The molecule has 0 bridgehead atoms. The second kappa shape index (κ2) is 1.56. The zero-order chi connectivity index (χ0) is 5.45. The van der Waals surface area contributed by atoms with Crippen LogP contribution >= 0.6 is 37.7 Å². The minimum atomic E-state index is -4.41. The van der Waals surface area contributed by atoms with Gasteiger partial charge in [-0.2, -0.15) is 0 Å². The van der Waals surface area contributed by atoms with Crippen molar-refractivity contribution in [2.24, 2.45) is 0 Å². The molecule has 44 valence electrons. The first-order valence-electron chi connectivity index (χ1n) is 0.636.